The second-order valence-electron chi connectivity index (χ2n) is 6.48. The molecule has 0 saturated heterocycles. The Kier molecular flexibility index (Phi) is 5.24. The SMILES string of the molecule is Nc1c(CNc2cc3c(cc2Cl)CCC(c2ncccc2F)O3)ccnc1Cl. The number of anilines is 2. The number of rotatable bonds is 4. The molecule has 3 aromatic rings. The molecule has 5 nitrogen and oxygen atoms in total. The van der Waals surface area contributed by atoms with Gasteiger partial charge in [0.25, 0.3) is 0 Å². The summed E-state index contributed by atoms with van der Waals surface area (Å²) < 4.78 is 20.1. The largest absolute Gasteiger partial charge is 0.484 e. The highest BCUT2D eigenvalue weighted by Crippen LogP contribution is 2.39. The molecule has 1 unspecified atom stereocenters. The van der Waals surface area contributed by atoms with Crippen LogP contribution in [0.2, 0.25) is 10.2 Å². The van der Waals surface area contributed by atoms with Gasteiger partial charge in [-0.1, -0.05) is 23.2 Å². The molecular formula is C20H17Cl2FN4O. The summed E-state index contributed by atoms with van der Waals surface area (Å²) in [7, 11) is 0. The molecule has 1 aliphatic heterocycles. The number of hydrogen-bond donors (Lipinski definition) is 2. The molecular weight excluding hydrogens is 402 g/mol. The minimum Gasteiger partial charge on any atom is -0.484 e. The van der Waals surface area contributed by atoms with Crippen molar-refractivity contribution < 1.29 is 9.13 Å². The number of nitrogens with one attached hydrogen (secondary N) is 1. The molecule has 0 aliphatic carbocycles. The Bertz CT molecular complexity index is 1030. The third-order valence-corrected chi connectivity index (χ3v) is 5.30. The van der Waals surface area contributed by atoms with Crippen molar-refractivity contribution in [3.8, 4) is 5.75 Å². The summed E-state index contributed by atoms with van der Waals surface area (Å²) in [5, 5.41) is 4.08. The molecule has 0 amide bonds. The topological polar surface area (TPSA) is 73.1 Å². The summed E-state index contributed by atoms with van der Waals surface area (Å²) in [6, 6.07) is 8.43. The van der Waals surface area contributed by atoms with E-state index in [0.29, 0.717) is 40.8 Å². The number of aromatic nitrogens is 2. The number of hydrogen-bond acceptors (Lipinski definition) is 5. The Morgan fingerprint density at radius 2 is 2.07 bits per heavy atom. The molecule has 1 aromatic carbocycles. The maximum absolute atomic E-state index is 14.1. The van der Waals surface area contributed by atoms with E-state index < -0.39 is 6.10 Å². The Labute approximate surface area is 171 Å². The summed E-state index contributed by atoms with van der Waals surface area (Å²) >= 11 is 12.4. The number of nitrogens with zero attached hydrogens (tertiary/aromatic N) is 2. The van der Waals surface area contributed by atoms with E-state index in [1.165, 1.54) is 6.07 Å². The molecule has 3 N–H and O–H groups in total. The zero-order valence-electron chi connectivity index (χ0n) is 14.8. The molecule has 0 spiro atoms. The number of fused-ring (bicyclic) bond motifs is 1. The van der Waals surface area contributed by atoms with Gasteiger partial charge in [-0.25, -0.2) is 9.37 Å². The van der Waals surface area contributed by atoms with E-state index in [2.05, 4.69) is 15.3 Å². The lowest BCUT2D eigenvalue weighted by Crippen LogP contribution is -2.18. The van der Waals surface area contributed by atoms with Gasteiger partial charge in [0.05, 0.1) is 16.4 Å². The lowest BCUT2D eigenvalue weighted by atomic mass is 9.99. The summed E-state index contributed by atoms with van der Waals surface area (Å²) in [6.45, 7) is 0.422. The predicted molar refractivity (Wildman–Crippen MR) is 108 cm³/mol. The molecule has 1 atom stereocenters. The third-order valence-electron chi connectivity index (χ3n) is 4.69. The van der Waals surface area contributed by atoms with Gasteiger partial charge in [-0.3, -0.25) is 4.98 Å². The van der Waals surface area contributed by atoms with Crippen LogP contribution in [0.4, 0.5) is 15.8 Å². The van der Waals surface area contributed by atoms with Crippen LogP contribution in [0.3, 0.4) is 0 Å². The molecule has 0 bridgehead atoms. The number of aryl methyl sites for hydroxylation is 1. The minimum atomic E-state index is -0.433. The van der Waals surface area contributed by atoms with Gasteiger partial charge < -0.3 is 15.8 Å². The standard InChI is InChI=1S/C20H17Cl2FN4O/c21-13-8-11-3-4-16(19-14(23)2-1-6-25-19)28-17(11)9-15(13)27-10-12-5-7-26-20(22)18(12)24/h1-2,5-9,16,27H,3-4,10,24H2. The molecule has 0 saturated carbocycles. The maximum Gasteiger partial charge on any atom is 0.152 e. The fraction of sp³-hybridized carbons (Fsp3) is 0.200. The number of nitrogen functional groups attached to an aromatic ring is 1. The molecule has 1 aliphatic rings. The van der Waals surface area contributed by atoms with E-state index in [1.54, 1.807) is 24.5 Å². The van der Waals surface area contributed by atoms with Crippen molar-refractivity contribution in [3.63, 3.8) is 0 Å². The van der Waals surface area contributed by atoms with Crippen LogP contribution in [-0.4, -0.2) is 9.97 Å². The first-order chi connectivity index (χ1) is 13.5. The Hall–Kier alpha value is -2.57. The second-order valence-corrected chi connectivity index (χ2v) is 7.25. The van der Waals surface area contributed by atoms with E-state index in [1.807, 2.05) is 12.1 Å². The zero-order chi connectivity index (χ0) is 19.7. The fourth-order valence-electron chi connectivity index (χ4n) is 3.19. The van der Waals surface area contributed by atoms with Crippen molar-refractivity contribution in [1.29, 1.82) is 0 Å². The number of halogens is 3. The van der Waals surface area contributed by atoms with Gasteiger partial charge >= 0.3 is 0 Å². The highest BCUT2D eigenvalue weighted by molar-refractivity contribution is 6.33. The molecule has 144 valence electrons. The number of pyridine rings is 2. The normalized spacial score (nSPS) is 15.6. The quantitative estimate of drug-likeness (QED) is 0.570. The number of ether oxygens (including phenoxy) is 1. The van der Waals surface area contributed by atoms with Crippen LogP contribution in [0.25, 0.3) is 0 Å². The van der Waals surface area contributed by atoms with Crippen LogP contribution in [-0.2, 0) is 13.0 Å². The fourth-order valence-corrected chi connectivity index (χ4v) is 3.62. The van der Waals surface area contributed by atoms with Crippen molar-refractivity contribution in [1.82, 2.24) is 9.97 Å². The van der Waals surface area contributed by atoms with Gasteiger partial charge in [0.15, 0.2) is 5.15 Å². The van der Waals surface area contributed by atoms with Gasteiger partial charge in [-0.15, -0.1) is 0 Å². The average molecular weight is 419 g/mol. The predicted octanol–water partition coefficient (Wildman–Crippen LogP) is 5.18. The van der Waals surface area contributed by atoms with Crippen LogP contribution < -0.4 is 15.8 Å². The molecule has 8 heteroatoms. The molecule has 28 heavy (non-hydrogen) atoms. The van der Waals surface area contributed by atoms with E-state index >= 15 is 0 Å². The van der Waals surface area contributed by atoms with Crippen molar-refractivity contribution in [2.75, 3.05) is 11.1 Å². The first kappa shape index (κ1) is 18.8. The maximum atomic E-state index is 14.1. The van der Waals surface area contributed by atoms with Crippen LogP contribution >= 0.6 is 23.2 Å². The first-order valence-corrected chi connectivity index (χ1v) is 9.50. The highest BCUT2D eigenvalue weighted by atomic mass is 35.5. The van der Waals surface area contributed by atoms with Crippen LogP contribution in [0.15, 0.2) is 42.7 Å². The number of benzene rings is 1. The summed E-state index contributed by atoms with van der Waals surface area (Å²) in [5.74, 6) is 0.294. The van der Waals surface area contributed by atoms with Crippen molar-refractivity contribution >= 4 is 34.6 Å². The van der Waals surface area contributed by atoms with Crippen LogP contribution in [0.5, 0.6) is 5.75 Å². The van der Waals surface area contributed by atoms with Gasteiger partial charge in [0.1, 0.15) is 23.4 Å². The summed E-state index contributed by atoms with van der Waals surface area (Å²) in [6.07, 6.45) is 4.09. The smallest absolute Gasteiger partial charge is 0.152 e. The van der Waals surface area contributed by atoms with E-state index in [4.69, 9.17) is 33.7 Å². The molecule has 0 fully saturated rings. The van der Waals surface area contributed by atoms with E-state index in [0.717, 1.165) is 17.5 Å². The third kappa shape index (κ3) is 3.70. The first-order valence-electron chi connectivity index (χ1n) is 8.75. The summed E-state index contributed by atoms with van der Waals surface area (Å²) in [4.78, 5) is 8.08. The molecule has 3 heterocycles. The average Bonchev–Trinajstić information content (AvgIpc) is 2.69. The minimum absolute atomic E-state index is 0.263. The molecule has 0 radical (unpaired) electrons. The van der Waals surface area contributed by atoms with Gasteiger partial charge in [-0.05, 0) is 48.2 Å². The Balaban J connectivity index is 1.56. The van der Waals surface area contributed by atoms with Crippen LogP contribution in [0, 0.1) is 5.82 Å². The van der Waals surface area contributed by atoms with Gasteiger partial charge in [-0.2, -0.15) is 0 Å². The van der Waals surface area contributed by atoms with Gasteiger partial charge in [0.2, 0.25) is 0 Å². The summed E-state index contributed by atoms with van der Waals surface area (Å²) in [5.41, 5.74) is 9.18. The van der Waals surface area contributed by atoms with E-state index in [9.17, 15) is 4.39 Å². The zero-order valence-corrected chi connectivity index (χ0v) is 16.3. The van der Waals surface area contributed by atoms with E-state index in [-0.39, 0.29) is 11.0 Å². The van der Waals surface area contributed by atoms with Crippen molar-refractivity contribution in [3.05, 3.63) is 75.5 Å². The monoisotopic (exact) mass is 418 g/mol. The van der Waals surface area contributed by atoms with Crippen LogP contribution in [0.1, 0.15) is 29.3 Å². The lowest BCUT2D eigenvalue weighted by Gasteiger charge is -2.27. The second kappa shape index (κ2) is 7.81. The molecule has 4 rings (SSSR count). The van der Waals surface area contributed by atoms with Crippen molar-refractivity contribution in [2.45, 2.75) is 25.5 Å². The van der Waals surface area contributed by atoms with Crippen molar-refractivity contribution in [2.24, 2.45) is 0 Å². The molecule has 2 aromatic heterocycles. The Morgan fingerprint density at radius 3 is 2.89 bits per heavy atom. The lowest BCUT2D eigenvalue weighted by molar-refractivity contribution is 0.167. The Morgan fingerprint density at radius 1 is 1.21 bits per heavy atom. The number of nitrogens with two attached hydrogens (primary N) is 1. The highest BCUT2D eigenvalue weighted by Gasteiger charge is 2.26. The van der Waals surface area contributed by atoms with Gasteiger partial charge in [0, 0.05) is 25.0 Å².